The third-order valence-corrected chi connectivity index (χ3v) is 2.54. The normalized spacial score (nSPS) is 11.4. The summed E-state index contributed by atoms with van der Waals surface area (Å²) in [5, 5.41) is 1.27. The largest absolute Gasteiger partial charge is 0.346 e. The minimum absolute atomic E-state index is 0.761. The van der Waals surface area contributed by atoms with Gasteiger partial charge in [-0.3, -0.25) is 0 Å². The van der Waals surface area contributed by atoms with Crippen LogP contribution in [0.4, 0.5) is 0 Å². The highest BCUT2D eigenvalue weighted by Crippen LogP contribution is 2.18. The SMILES string of the molecule is CC(C)CCc1ccnc2[nH]ccc12. The van der Waals surface area contributed by atoms with Crippen LogP contribution in [0.1, 0.15) is 25.8 Å². The second-order valence-corrected chi connectivity index (χ2v) is 4.14. The van der Waals surface area contributed by atoms with Gasteiger partial charge in [0.05, 0.1) is 0 Å². The van der Waals surface area contributed by atoms with Crippen LogP contribution in [0.25, 0.3) is 11.0 Å². The number of pyridine rings is 1. The predicted molar refractivity (Wildman–Crippen MR) is 59.3 cm³/mol. The molecule has 0 amide bonds. The zero-order valence-electron chi connectivity index (χ0n) is 8.75. The fourth-order valence-electron chi connectivity index (χ4n) is 1.68. The summed E-state index contributed by atoms with van der Waals surface area (Å²) in [6.07, 6.45) is 6.23. The first-order valence-electron chi connectivity index (χ1n) is 5.18. The van der Waals surface area contributed by atoms with E-state index in [2.05, 4.69) is 35.9 Å². The van der Waals surface area contributed by atoms with Gasteiger partial charge in [0.15, 0.2) is 0 Å². The summed E-state index contributed by atoms with van der Waals surface area (Å²) in [4.78, 5) is 7.41. The fourth-order valence-corrected chi connectivity index (χ4v) is 1.68. The molecule has 1 N–H and O–H groups in total. The van der Waals surface area contributed by atoms with Crippen molar-refractivity contribution < 1.29 is 0 Å². The summed E-state index contributed by atoms with van der Waals surface area (Å²) in [5.74, 6) is 0.761. The van der Waals surface area contributed by atoms with Gasteiger partial charge in [-0.05, 0) is 36.5 Å². The molecule has 2 heterocycles. The number of fused-ring (bicyclic) bond motifs is 1. The van der Waals surface area contributed by atoms with Crippen LogP contribution >= 0.6 is 0 Å². The highest BCUT2D eigenvalue weighted by atomic mass is 14.8. The van der Waals surface area contributed by atoms with E-state index < -0.39 is 0 Å². The second-order valence-electron chi connectivity index (χ2n) is 4.14. The molecule has 2 nitrogen and oxygen atoms in total. The number of aryl methyl sites for hydroxylation is 1. The molecule has 0 spiro atoms. The summed E-state index contributed by atoms with van der Waals surface area (Å²) in [5.41, 5.74) is 2.41. The molecule has 0 unspecified atom stereocenters. The lowest BCUT2D eigenvalue weighted by Crippen LogP contribution is -1.93. The quantitative estimate of drug-likeness (QED) is 0.787. The molecule has 0 aliphatic heterocycles. The third kappa shape index (κ3) is 1.79. The van der Waals surface area contributed by atoms with Crippen LogP contribution in [0, 0.1) is 5.92 Å². The summed E-state index contributed by atoms with van der Waals surface area (Å²) >= 11 is 0. The van der Waals surface area contributed by atoms with E-state index in [9.17, 15) is 0 Å². The van der Waals surface area contributed by atoms with Gasteiger partial charge in [0, 0.05) is 17.8 Å². The van der Waals surface area contributed by atoms with Crippen molar-refractivity contribution in [2.24, 2.45) is 5.92 Å². The van der Waals surface area contributed by atoms with Crippen molar-refractivity contribution in [1.29, 1.82) is 0 Å². The lowest BCUT2D eigenvalue weighted by atomic mass is 10.0. The molecule has 2 heteroatoms. The van der Waals surface area contributed by atoms with Crippen LogP contribution in [0.5, 0.6) is 0 Å². The van der Waals surface area contributed by atoms with Gasteiger partial charge < -0.3 is 4.98 Å². The molecule has 2 rings (SSSR count). The number of hydrogen-bond donors (Lipinski definition) is 1. The summed E-state index contributed by atoms with van der Waals surface area (Å²) < 4.78 is 0. The molecule has 0 saturated carbocycles. The standard InChI is InChI=1S/C12H16N2/c1-9(2)3-4-10-5-7-13-12-11(10)6-8-14-12/h5-9H,3-4H2,1-2H3,(H,13,14). The van der Waals surface area contributed by atoms with E-state index in [0.29, 0.717) is 0 Å². The summed E-state index contributed by atoms with van der Waals surface area (Å²) in [6.45, 7) is 4.52. The molecule has 2 aromatic heterocycles. The van der Waals surface area contributed by atoms with Crippen LogP contribution in [0.15, 0.2) is 24.5 Å². The van der Waals surface area contributed by atoms with Crippen molar-refractivity contribution in [2.45, 2.75) is 26.7 Å². The van der Waals surface area contributed by atoms with Gasteiger partial charge in [-0.25, -0.2) is 4.98 Å². The minimum atomic E-state index is 0.761. The van der Waals surface area contributed by atoms with Crippen molar-refractivity contribution in [3.05, 3.63) is 30.1 Å². The van der Waals surface area contributed by atoms with Gasteiger partial charge in [-0.15, -0.1) is 0 Å². The second kappa shape index (κ2) is 3.82. The zero-order valence-corrected chi connectivity index (χ0v) is 8.75. The first-order valence-corrected chi connectivity index (χ1v) is 5.18. The average molecular weight is 188 g/mol. The van der Waals surface area contributed by atoms with E-state index >= 15 is 0 Å². The van der Waals surface area contributed by atoms with E-state index in [1.165, 1.54) is 17.4 Å². The number of aromatic amines is 1. The van der Waals surface area contributed by atoms with Crippen LogP contribution in [-0.4, -0.2) is 9.97 Å². The number of nitrogens with zero attached hydrogens (tertiary/aromatic N) is 1. The molecule has 0 aliphatic carbocycles. The van der Waals surface area contributed by atoms with Gasteiger partial charge in [0.1, 0.15) is 5.65 Å². The maximum Gasteiger partial charge on any atom is 0.137 e. The first-order chi connectivity index (χ1) is 6.77. The Morgan fingerprint density at radius 1 is 1.36 bits per heavy atom. The van der Waals surface area contributed by atoms with Gasteiger partial charge in [-0.2, -0.15) is 0 Å². The van der Waals surface area contributed by atoms with E-state index in [1.54, 1.807) is 0 Å². The summed E-state index contributed by atoms with van der Waals surface area (Å²) in [7, 11) is 0. The van der Waals surface area contributed by atoms with Crippen molar-refractivity contribution in [3.8, 4) is 0 Å². The Morgan fingerprint density at radius 3 is 3.00 bits per heavy atom. The van der Waals surface area contributed by atoms with E-state index in [-0.39, 0.29) is 0 Å². The molecule has 0 saturated heterocycles. The first kappa shape index (κ1) is 9.25. The number of rotatable bonds is 3. The highest BCUT2D eigenvalue weighted by Gasteiger charge is 2.03. The van der Waals surface area contributed by atoms with Crippen LogP contribution in [0.3, 0.4) is 0 Å². The molecular weight excluding hydrogens is 172 g/mol. The van der Waals surface area contributed by atoms with E-state index in [4.69, 9.17) is 0 Å². The van der Waals surface area contributed by atoms with Gasteiger partial charge in [0.25, 0.3) is 0 Å². The number of nitrogens with one attached hydrogen (secondary N) is 1. The van der Waals surface area contributed by atoms with E-state index in [1.807, 2.05) is 12.4 Å². The fraction of sp³-hybridized carbons (Fsp3) is 0.417. The lowest BCUT2D eigenvalue weighted by molar-refractivity contribution is 0.588. The Labute approximate surface area is 84.4 Å². The zero-order chi connectivity index (χ0) is 9.97. The summed E-state index contributed by atoms with van der Waals surface area (Å²) in [6, 6.07) is 4.23. The Morgan fingerprint density at radius 2 is 2.21 bits per heavy atom. The molecule has 74 valence electrons. The topological polar surface area (TPSA) is 28.7 Å². The molecule has 0 radical (unpaired) electrons. The molecule has 0 aromatic carbocycles. The third-order valence-electron chi connectivity index (χ3n) is 2.54. The van der Waals surface area contributed by atoms with Crippen molar-refractivity contribution in [2.75, 3.05) is 0 Å². The molecule has 0 atom stereocenters. The average Bonchev–Trinajstić information content (AvgIpc) is 2.62. The van der Waals surface area contributed by atoms with Gasteiger partial charge >= 0.3 is 0 Å². The maximum atomic E-state index is 4.27. The van der Waals surface area contributed by atoms with Crippen LogP contribution in [-0.2, 0) is 6.42 Å². The Hall–Kier alpha value is -1.31. The molecule has 2 aromatic rings. The number of H-pyrrole nitrogens is 1. The lowest BCUT2D eigenvalue weighted by Gasteiger charge is -2.05. The molecule has 0 bridgehead atoms. The smallest absolute Gasteiger partial charge is 0.137 e. The molecule has 0 aliphatic rings. The monoisotopic (exact) mass is 188 g/mol. The van der Waals surface area contributed by atoms with E-state index in [0.717, 1.165) is 18.0 Å². The van der Waals surface area contributed by atoms with Crippen LogP contribution in [0.2, 0.25) is 0 Å². The Kier molecular flexibility index (Phi) is 2.53. The van der Waals surface area contributed by atoms with Crippen LogP contribution < -0.4 is 0 Å². The molecule has 0 fully saturated rings. The maximum absolute atomic E-state index is 4.27. The van der Waals surface area contributed by atoms with Crippen molar-refractivity contribution in [3.63, 3.8) is 0 Å². The number of aromatic nitrogens is 2. The molecular formula is C12H16N2. The number of hydrogen-bond acceptors (Lipinski definition) is 1. The van der Waals surface area contributed by atoms with Crippen molar-refractivity contribution >= 4 is 11.0 Å². The van der Waals surface area contributed by atoms with Crippen molar-refractivity contribution in [1.82, 2.24) is 9.97 Å². The Bertz CT molecular complexity index is 415. The van der Waals surface area contributed by atoms with Gasteiger partial charge in [0.2, 0.25) is 0 Å². The predicted octanol–water partition coefficient (Wildman–Crippen LogP) is 3.15. The minimum Gasteiger partial charge on any atom is -0.346 e. The van der Waals surface area contributed by atoms with Gasteiger partial charge in [-0.1, -0.05) is 13.8 Å². The molecule has 14 heavy (non-hydrogen) atoms. The highest BCUT2D eigenvalue weighted by molar-refractivity contribution is 5.79. The Balaban J connectivity index is 2.27.